The number of hydrogen-bond donors (Lipinski definition) is 7. The number of aliphatic hydroxyl groups is 2. The van der Waals surface area contributed by atoms with Crippen LogP contribution in [0.3, 0.4) is 0 Å². The Morgan fingerprint density at radius 3 is 2.52 bits per heavy atom. The lowest BCUT2D eigenvalue weighted by Crippen LogP contribution is -2.90. The monoisotopic (exact) mass is 463 g/mol. The van der Waals surface area contributed by atoms with Gasteiger partial charge in [-0.1, -0.05) is 19.3 Å². The molecule has 5 rings (SSSR count). The van der Waals surface area contributed by atoms with E-state index in [0.717, 1.165) is 37.0 Å². The van der Waals surface area contributed by atoms with Crippen LogP contribution < -0.4 is 27.1 Å². The van der Waals surface area contributed by atoms with E-state index in [1.165, 1.54) is 4.90 Å². The number of aliphatic imine (C=N–C) groups is 1. The van der Waals surface area contributed by atoms with Crippen LogP contribution in [-0.4, -0.2) is 92.3 Å². The van der Waals surface area contributed by atoms with Crippen molar-refractivity contribution < 1.29 is 29.6 Å². The van der Waals surface area contributed by atoms with Gasteiger partial charge < -0.3 is 21.3 Å². The van der Waals surface area contributed by atoms with E-state index in [0.29, 0.717) is 0 Å². The van der Waals surface area contributed by atoms with E-state index in [2.05, 4.69) is 20.6 Å². The number of carbonyl (C=O) groups excluding carboxylic acids is 3. The molecule has 180 valence electrons. The zero-order valence-electron chi connectivity index (χ0n) is 18.3. The van der Waals surface area contributed by atoms with Gasteiger partial charge in [-0.15, -0.1) is 0 Å². The number of carbonyl (C=O) groups is 3. The van der Waals surface area contributed by atoms with Crippen molar-refractivity contribution in [3.63, 3.8) is 0 Å². The Morgan fingerprint density at radius 1 is 1.18 bits per heavy atom. The Labute approximate surface area is 190 Å². The van der Waals surface area contributed by atoms with Crippen LogP contribution in [0.25, 0.3) is 0 Å². The maximum absolute atomic E-state index is 12.9. The molecule has 4 aliphatic heterocycles. The van der Waals surface area contributed by atoms with Crippen molar-refractivity contribution in [3.8, 4) is 0 Å². The number of amides is 3. The van der Waals surface area contributed by atoms with Crippen LogP contribution in [0.1, 0.15) is 44.9 Å². The van der Waals surface area contributed by atoms with Gasteiger partial charge in [-0.3, -0.25) is 34.9 Å². The molecule has 9 N–H and O–H groups in total. The third-order valence-electron chi connectivity index (χ3n) is 7.70. The number of hydrogen-bond acceptors (Lipinski definition) is 10. The highest BCUT2D eigenvalue weighted by atomic mass is 16.5. The molecule has 2 saturated heterocycles. The highest BCUT2D eigenvalue weighted by molar-refractivity contribution is 6.02. The van der Waals surface area contributed by atoms with Crippen LogP contribution in [-0.2, 0) is 14.4 Å². The SMILES string of the molecule is NC1=N[C@@H](CN2C(=O)CCC2=O)[C@@H]2[NH+]=C(N)N[C@]23N1C[C@H](NC(=O)C1CCCCC1)C3(O)O. The highest BCUT2D eigenvalue weighted by Crippen LogP contribution is 2.41. The van der Waals surface area contributed by atoms with Crippen LogP contribution >= 0.6 is 0 Å². The van der Waals surface area contributed by atoms with Crippen molar-refractivity contribution in [3.05, 3.63) is 0 Å². The molecule has 5 aliphatic rings. The van der Waals surface area contributed by atoms with Gasteiger partial charge in [0.05, 0.1) is 13.1 Å². The van der Waals surface area contributed by atoms with Crippen LogP contribution in [0.5, 0.6) is 0 Å². The molecule has 0 aromatic carbocycles. The van der Waals surface area contributed by atoms with Crippen molar-refractivity contribution >= 4 is 29.6 Å². The Kier molecular flexibility index (Phi) is 5.01. The second-order valence-electron chi connectivity index (χ2n) is 9.61. The molecule has 4 atom stereocenters. The minimum Gasteiger partial charge on any atom is -0.370 e. The normalized spacial score (nSPS) is 35.6. The summed E-state index contributed by atoms with van der Waals surface area (Å²) >= 11 is 0. The molecular weight excluding hydrogens is 432 g/mol. The Bertz CT molecular complexity index is 929. The lowest BCUT2D eigenvalue weighted by Gasteiger charge is -2.46. The van der Waals surface area contributed by atoms with Gasteiger partial charge in [0.1, 0.15) is 12.1 Å². The van der Waals surface area contributed by atoms with Crippen molar-refractivity contribution in [1.82, 2.24) is 20.4 Å². The molecular formula is C20H31N8O5+. The first-order valence-electron chi connectivity index (χ1n) is 11.5. The lowest BCUT2D eigenvalue weighted by molar-refractivity contribution is -0.521. The summed E-state index contributed by atoms with van der Waals surface area (Å²) in [5.41, 5.74) is 10.6. The van der Waals surface area contributed by atoms with Gasteiger partial charge in [0, 0.05) is 18.8 Å². The Hall–Kier alpha value is -2.93. The minimum absolute atomic E-state index is 0.00114. The molecule has 0 aromatic rings. The van der Waals surface area contributed by atoms with Gasteiger partial charge in [-0.25, -0.2) is 10.3 Å². The van der Waals surface area contributed by atoms with E-state index in [-0.39, 0.29) is 61.5 Å². The molecule has 1 spiro atoms. The standard InChI is InChI=1S/C20H30N8O5/c21-17-25-15-11(8-27-13(29)6-7-14(27)30)23-18(22)28-9-12(20(32,33)19(15,28)26-17)24-16(31)10-4-2-1-3-5-10/h10-12,15,32-33H,1-9H2,(H2,22,23)(H,24,31)(H3,21,25,26)/p+1/t11-,12-,15-,19-/m0/s1. The maximum atomic E-state index is 12.9. The number of nitrogens with one attached hydrogen (secondary N) is 3. The molecule has 3 amide bonds. The number of nitrogens with zero attached hydrogens (tertiary/aromatic N) is 3. The van der Waals surface area contributed by atoms with E-state index >= 15 is 0 Å². The van der Waals surface area contributed by atoms with E-state index < -0.39 is 29.6 Å². The van der Waals surface area contributed by atoms with Gasteiger partial charge >= 0.3 is 5.96 Å². The zero-order chi connectivity index (χ0) is 23.5. The quantitative estimate of drug-likeness (QED) is 0.157. The van der Waals surface area contributed by atoms with Gasteiger partial charge in [0.15, 0.2) is 12.0 Å². The van der Waals surface area contributed by atoms with Crippen LogP contribution in [0.4, 0.5) is 0 Å². The molecule has 13 nitrogen and oxygen atoms in total. The Morgan fingerprint density at radius 2 is 1.85 bits per heavy atom. The molecule has 1 aliphatic carbocycles. The summed E-state index contributed by atoms with van der Waals surface area (Å²) in [6.07, 6.45) is 4.83. The summed E-state index contributed by atoms with van der Waals surface area (Å²) in [5, 5.41) is 28.6. The summed E-state index contributed by atoms with van der Waals surface area (Å²) in [6.45, 7) is -0.0800. The molecule has 0 aromatic heterocycles. The molecule has 4 heterocycles. The first-order chi connectivity index (χ1) is 15.6. The summed E-state index contributed by atoms with van der Waals surface area (Å²) in [4.78, 5) is 47.3. The molecule has 1 saturated carbocycles. The van der Waals surface area contributed by atoms with E-state index in [1.807, 2.05) is 0 Å². The topological polar surface area (TPSA) is 201 Å². The molecule has 0 bridgehead atoms. The van der Waals surface area contributed by atoms with E-state index in [9.17, 15) is 24.6 Å². The van der Waals surface area contributed by atoms with Crippen LogP contribution in [0, 0.1) is 5.92 Å². The fraction of sp³-hybridized carbons (Fsp3) is 0.750. The fourth-order valence-electron chi connectivity index (χ4n) is 5.99. The second kappa shape index (κ2) is 7.55. The van der Waals surface area contributed by atoms with Crippen molar-refractivity contribution in [1.29, 1.82) is 0 Å². The number of likely N-dealkylation sites (tertiary alicyclic amines) is 1. The largest absolute Gasteiger partial charge is 0.370 e. The van der Waals surface area contributed by atoms with Gasteiger partial charge in [-0.2, -0.15) is 0 Å². The molecule has 33 heavy (non-hydrogen) atoms. The van der Waals surface area contributed by atoms with E-state index in [1.54, 1.807) is 0 Å². The molecule has 3 fully saturated rings. The lowest BCUT2D eigenvalue weighted by atomic mass is 9.84. The number of nitrogens with two attached hydrogens (primary N) is 2. The smallest absolute Gasteiger partial charge is 0.343 e. The first kappa shape index (κ1) is 21.9. The predicted molar refractivity (Wildman–Crippen MR) is 114 cm³/mol. The summed E-state index contributed by atoms with van der Waals surface area (Å²) in [6, 6.07) is -2.69. The summed E-state index contributed by atoms with van der Waals surface area (Å²) in [5.74, 6) is -3.42. The van der Waals surface area contributed by atoms with Crippen LogP contribution in [0.15, 0.2) is 4.99 Å². The molecule has 0 unspecified atom stereocenters. The maximum Gasteiger partial charge on any atom is 0.343 e. The van der Waals surface area contributed by atoms with Crippen molar-refractivity contribution in [2.75, 3.05) is 13.1 Å². The fourth-order valence-corrected chi connectivity index (χ4v) is 5.99. The average molecular weight is 464 g/mol. The number of rotatable bonds is 4. The van der Waals surface area contributed by atoms with Crippen molar-refractivity contribution in [2.24, 2.45) is 22.4 Å². The molecule has 13 heteroatoms. The molecule has 0 radical (unpaired) electrons. The third kappa shape index (κ3) is 3.16. The number of imide groups is 1. The van der Waals surface area contributed by atoms with Crippen LogP contribution in [0.2, 0.25) is 0 Å². The van der Waals surface area contributed by atoms with E-state index in [4.69, 9.17) is 11.5 Å². The first-order valence-corrected chi connectivity index (χ1v) is 11.5. The van der Waals surface area contributed by atoms with Crippen molar-refractivity contribution in [2.45, 2.75) is 74.5 Å². The third-order valence-corrected chi connectivity index (χ3v) is 7.70. The van der Waals surface area contributed by atoms with Gasteiger partial charge in [0.25, 0.3) is 5.66 Å². The minimum atomic E-state index is -2.49. The zero-order valence-corrected chi connectivity index (χ0v) is 18.3. The summed E-state index contributed by atoms with van der Waals surface area (Å²) in [7, 11) is 0. The summed E-state index contributed by atoms with van der Waals surface area (Å²) < 4.78 is 0. The number of guanidine groups is 2. The van der Waals surface area contributed by atoms with Gasteiger partial charge in [-0.05, 0) is 12.8 Å². The highest BCUT2D eigenvalue weighted by Gasteiger charge is 2.76. The predicted octanol–water partition coefficient (Wildman–Crippen LogP) is -5.04. The Balaban J connectivity index is 1.44. The average Bonchev–Trinajstić information content (AvgIpc) is 3.37. The second-order valence-corrected chi connectivity index (χ2v) is 9.61. The van der Waals surface area contributed by atoms with Gasteiger partial charge in [0.2, 0.25) is 23.5 Å².